The van der Waals surface area contributed by atoms with Gasteiger partial charge in [0, 0.05) is 55.8 Å². The Balaban J connectivity index is 1.28. The number of benzene rings is 2. The van der Waals surface area contributed by atoms with Crippen LogP contribution in [0.3, 0.4) is 0 Å². The van der Waals surface area contributed by atoms with Crippen LogP contribution in [0.15, 0.2) is 42.5 Å². The SMILES string of the molecule is CC(C)(C)NC(=O)c1cccc(CN2CCN(C(=O)c3ccc(NC(=O)CC4CCCC4)c(F)c3)CC2)c1. The fourth-order valence-corrected chi connectivity index (χ4v) is 5.20. The number of rotatable bonds is 7. The normalized spacial score (nSPS) is 16.9. The van der Waals surface area contributed by atoms with Crippen LogP contribution in [0.2, 0.25) is 0 Å². The molecule has 38 heavy (non-hydrogen) atoms. The van der Waals surface area contributed by atoms with Crippen molar-refractivity contribution in [3.05, 3.63) is 65.0 Å². The summed E-state index contributed by atoms with van der Waals surface area (Å²) in [6.45, 7) is 8.97. The van der Waals surface area contributed by atoms with Gasteiger partial charge in [-0.05, 0) is 75.4 Å². The summed E-state index contributed by atoms with van der Waals surface area (Å²) < 4.78 is 14.7. The van der Waals surface area contributed by atoms with Crippen molar-refractivity contribution in [2.24, 2.45) is 5.92 Å². The monoisotopic (exact) mass is 522 g/mol. The van der Waals surface area contributed by atoms with Gasteiger partial charge in [0.1, 0.15) is 5.82 Å². The van der Waals surface area contributed by atoms with Crippen molar-refractivity contribution in [1.82, 2.24) is 15.1 Å². The zero-order valence-corrected chi connectivity index (χ0v) is 22.7. The van der Waals surface area contributed by atoms with E-state index in [2.05, 4.69) is 15.5 Å². The third-order valence-electron chi connectivity index (χ3n) is 7.18. The minimum absolute atomic E-state index is 0.0959. The predicted octanol–water partition coefficient (Wildman–Crippen LogP) is 4.83. The van der Waals surface area contributed by atoms with Gasteiger partial charge in [0.05, 0.1) is 5.69 Å². The van der Waals surface area contributed by atoms with Gasteiger partial charge >= 0.3 is 0 Å². The van der Waals surface area contributed by atoms with Gasteiger partial charge in [-0.15, -0.1) is 0 Å². The summed E-state index contributed by atoms with van der Waals surface area (Å²) in [7, 11) is 0. The standard InChI is InChI=1S/C30H39FN4O3/c1-30(2,3)33-28(37)23-10-6-9-22(17-23)20-34-13-15-35(16-14-34)29(38)24-11-12-26(25(31)19-24)32-27(36)18-21-7-4-5-8-21/h6,9-12,17,19,21H,4-5,7-8,13-16,18,20H2,1-3H3,(H,32,36)(H,33,37). The lowest BCUT2D eigenvalue weighted by atomic mass is 10.0. The number of halogens is 1. The number of hydrogen-bond donors (Lipinski definition) is 2. The summed E-state index contributed by atoms with van der Waals surface area (Å²) in [5.74, 6) is -0.694. The molecule has 1 saturated carbocycles. The molecule has 0 unspecified atom stereocenters. The number of carbonyl (C=O) groups is 3. The van der Waals surface area contributed by atoms with Crippen LogP contribution in [0.5, 0.6) is 0 Å². The van der Waals surface area contributed by atoms with Gasteiger partial charge in [-0.3, -0.25) is 19.3 Å². The van der Waals surface area contributed by atoms with E-state index in [0.29, 0.717) is 50.6 Å². The lowest BCUT2D eigenvalue weighted by molar-refractivity contribution is -0.117. The quantitative estimate of drug-likeness (QED) is 0.546. The first kappa shape index (κ1) is 27.8. The Morgan fingerprint density at radius 2 is 1.66 bits per heavy atom. The molecule has 0 spiro atoms. The van der Waals surface area contributed by atoms with Gasteiger partial charge in [-0.2, -0.15) is 0 Å². The number of nitrogens with zero attached hydrogens (tertiary/aromatic N) is 2. The maximum absolute atomic E-state index is 14.7. The first-order valence-electron chi connectivity index (χ1n) is 13.6. The molecule has 1 heterocycles. The van der Waals surface area contributed by atoms with E-state index in [1.54, 1.807) is 11.0 Å². The number of piperazine rings is 1. The third-order valence-corrected chi connectivity index (χ3v) is 7.18. The summed E-state index contributed by atoms with van der Waals surface area (Å²) in [5, 5.41) is 5.65. The first-order chi connectivity index (χ1) is 18.1. The molecule has 8 heteroatoms. The second-order valence-corrected chi connectivity index (χ2v) is 11.6. The Morgan fingerprint density at radius 1 is 0.947 bits per heavy atom. The second-order valence-electron chi connectivity index (χ2n) is 11.6. The number of amides is 3. The van der Waals surface area contributed by atoms with Crippen molar-refractivity contribution in [3.63, 3.8) is 0 Å². The molecule has 2 fully saturated rings. The number of hydrogen-bond acceptors (Lipinski definition) is 4. The van der Waals surface area contributed by atoms with Crippen LogP contribution >= 0.6 is 0 Å². The smallest absolute Gasteiger partial charge is 0.254 e. The molecule has 1 aliphatic heterocycles. The molecular weight excluding hydrogens is 483 g/mol. The van der Waals surface area contributed by atoms with Crippen molar-refractivity contribution in [2.45, 2.75) is 65.0 Å². The van der Waals surface area contributed by atoms with Gasteiger partial charge in [-0.25, -0.2) is 4.39 Å². The molecule has 2 aliphatic rings. The minimum atomic E-state index is -0.593. The van der Waals surface area contributed by atoms with E-state index in [9.17, 15) is 18.8 Å². The molecule has 2 aromatic carbocycles. The lowest BCUT2D eigenvalue weighted by Gasteiger charge is -2.35. The molecule has 0 radical (unpaired) electrons. The first-order valence-corrected chi connectivity index (χ1v) is 13.6. The average Bonchev–Trinajstić information content (AvgIpc) is 3.37. The highest BCUT2D eigenvalue weighted by molar-refractivity contribution is 5.96. The molecule has 4 rings (SSSR count). The average molecular weight is 523 g/mol. The maximum atomic E-state index is 14.7. The minimum Gasteiger partial charge on any atom is -0.347 e. The molecule has 7 nitrogen and oxygen atoms in total. The Hall–Kier alpha value is -3.26. The second kappa shape index (κ2) is 12.1. The summed E-state index contributed by atoms with van der Waals surface area (Å²) in [6, 6.07) is 11.9. The van der Waals surface area contributed by atoms with Crippen molar-refractivity contribution < 1.29 is 18.8 Å². The van der Waals surface area contributed by atoms with Crippen LogP contribution in [-0.4, -0.2) is 59.2 Å². The van der Waals surface area contributed by atoms with Crippen LogP contribution < -0.4 is 10.6 Å². The van der Waals surface area contributed by atoms with Gasteiger partial charge in [0.15, 0.2) is 0 Å². The Kier molecular flexibility index (Phi) is 8.82. The predicted molar refractivity (Wildman–Crippen MR) is 146 cm³/mol. The van der Waals surface area contributed by atoms with Crippen molar-refractivity contribution in [1.29, 1.82) is 0 Å². The van der Waals surface area contributed by atoms with Crippen LogP contribution in [-0.2, 0) is 11.3 Å². The molecule has 204 valence electrons. The largest absolute Gasteiger partial charge is 0.347 e. The highest BCUT2D eigenvalue weighted by Gasteiger charge is 2.24. The number of nitrogens with one attached hydrogen (secondary N) is 2. The zero-order valence-electron chi connectivity index (χ0n) is 22.7. The lowest BCUT2D eigenvalue weighted by Crippen LogP contribution is -2.48. The van der Waals surface area contributed by atoms with Gasteiger partial charge in [-0.1, -0.05) is 25.0 Å². The van der Waals surface area contributed by atoms with Gasteiger partial charge < -0.3 is 15.5 Å². The summed E-state index contributed by atoms with van der Waals surface area (Å²) in [6.07, 6.45) is 4.83. The fraction of sp³-hybridized carbons (Fsp3) is 0.500. The molecule has 1 aliphatic carbocycles. The van der Waals surface area contributed by atoms with E-state index in [1.165, 1.54) is 12.1 Å². The molecule has 2 N–H and O–H groups in total. The topological polar surface area (TPSA) is 81.8 Å². The molecule has 2 aromatic rings. The van der Waals surface area contributed by atoms with Crippen LogP contribution in [0, 0.1) is 11.7 Å². The molecule has 0 aromatic heterocycles. The molecule has 0 bridgehead atoms. The van der Waals surface area contributed by atoms with Gasteiger partial charge in [0.2, 0.25) is 5.91 Å². The van der Waals surface area contributed by atoms with Crippen molar-refractivity contribution >= 4 is 23.4 Å². The molecular formula is C30H39FN4O3. The fourth-order valence-electron chi connectivity index (χ4n) is 5.20. The van der Waals surface area contributed by atoms with E-state index >= 15 is 0 Å². The molecule has 0 atom stereocenters. The van der Waals surface area contributed by atoms with Crippen LogP contribution in [0.25, 0.3) is 0 Å². The van der Waals surface area contributed by atoms with Crippen LogP contribution in [0.4, 0.5) is 10.1 Å². The summed E-state index contributed by atoms with van der Waals surface area (Å²) in [4.78, 5) is 41.8. The van der Waals surface area contributed by atoms with E-state index in [0.717, 1.165) is 31.2 Å². The number of anilines is 1. The number of carbonyl (C=O) groups excluding carboxylic acids is 3. The van der Waals surface area contributed by atoms with E-state index in [4.69, 9.17) is 0 Å². The highest BCUT2D eigenvalue weighted by Crippen LogP contribution is 2.28. The van der Waals surface area contributed by atoms with E-state index in [-0.39, 0.29) is 34.5 Å². The summed E-state index contributed by atoms with van der Waals surface area (Å²) >= 11 is 0. The van der Waals surface area contributed by atoms with Crippen LogP contribution in [0.1, 0.15) is 79.2 Å². The molecule has 3 amide bonds. The van der Waals surface area contributed by atoms with Crippen molar-refractivity contribution in [2.75, 3.05) is 31.5 Å². The summed E-state index contributed by atoms with van der Waals surface area (Å²) in [5.41, 5.74) is 1.77. The zero-order chi connectivity index (χ0) is 27.3. The Bertz CT molecular complexity index is 1160. The molecule has 1 saturated heterocycles. The Labute approximate surface area is 224 Å². The Morgan fingerprint density at radius 3 is 2.32 bits per heavy atom. The van der Waals surface area contributed by atoms with Crippen molar-refractivity contribution in [3.8, 4) is 0 Å². The maximum Gasteiger partial charge on any atom is 0.254 e. The third kappa shape index (κ3) is 7.63. The highest BCUT2D eigenvalue weighted by atomic mass is 19.1. The van der Waals surface area contributed by atoms with Gasteiger partial charge in [0.25, 0.3) is 11.8 Å². The van der Waals surface area contributed by atoms with E-state index < -0.39 is 5.82 Å². The van der Waals surface area contributed by atoms with E-state index in [1.807, 2.05) is 45.0 Å².